The third kappa shape index (κ3) is 3.43. The van der Waals surface area contributed by atoms with E-state index in [4.69, 9.17) is 9.47 Å². The number of rotatable bonds is 5. The molecule has 4 aromatic rings. The summed E-state index contributed by atoms with van der Waals surface area (Å²) < 4.78 is 12.0. The van der Waals surface area contributed by atoms with Gasteiger partial charge in [0.05, 0.1) is 31.0 Å². The molecule has 2 heterocycles. The molecule has 2 N–H and O–H groups in total. The van der Waals surface area contributed by atoms with Crippen LogP contribution in [-0.2, 0) is 0 Å². The zero-order valence-electron chi connectivity index (χ0n) is 15.8. The van der Waals surface area contributed by atoms with Gasteiger partial charge in [-0.25, -0.2) is 4.98 Å². The molecular formula is C21H18N4O4. The Morgan fingerprint density at radius 2 is 1.86 bits per heavy atom. The Labute approximate surface area is 166 Å². The molecule has 2 aromatic heterocycles. The molecule has 0 aliphatic carbocycles. The molecule has 0 aliphatic rings. The van der Waals surface area contributed by atoms with Crippen molar-refractivity contribution in [2.24, 2.45) is 0 Å². The van der Waals surface area contributed by atoms with Crippen molar-refractivity contribution in [1.29, 1.82) is 0 Å². The van der Waals surface area contributed by atoms with E-state index in [0.717, 1.165) is 6.07 Å². The number of benzene rings is 2. The highest BCUT2D eigenvalue weighted by molar-refractivity contribution is 5.83. The third-order valence-electron chi connectivity index (χ3n) is 4.40. The van der Waals surface area contributed by atoms with Gasteiger partial charge >= 0.3 is 0 Å². The lowest BCUT2D eigenvalue weighted by atomic mass is 10.2. The number of para-hydroxylation sites is 2. The van der Waals surface area contributed by atoms with E-state index in [0.29, 0.717) is 28.3 Å². The Morgan fingerprint density at radius 3 is 2.66 bits per heavy atom. The fraction of sp³-hybridized carbons (Fsp3) is 0.0952. The zero-order chi connectivity index (χ0) is 20.4. The molecule has 0 radical (unpaired) electrons. The van der Waals surface area contributed by atoms with Crippen molar-refractivity contribution < 1.29 is 14.6 Å². The van der Waals surface area contributed by atoms with Crippen molar-refractivity contribution in [3.05, 3.63) is 71.1 Å². The second-order valence-corrected chi connectivity index (χ2v) is 6.16. The molecule has 0 bridgehead atoms. The monoisotopic (exact) mass is 390 g/mol. The summed E-state index contributed by atoms with van der Waals surface area (Å²) >= 11 is 0. The maximum atomic E-state index is 12.7. The molecule has 0 saturated carbocycles. The van der Waals surface area contributed by atoms with Gasteiger partial charge in [0.15, 0.2) is 5.65 Å². The first kappa shape index (κ1) is 18.3. The number of aromatic hydroxyl groups is 1. The molecular weight excluding hydrogens is 372 g/mol. The first-order valence-electron chi connectivity index (χ1n) is 8.77. The van der Waals surface area contributed by atoms with Crippen LogP contribution in [0, 0.1) is 0 Å². The first-order chi connectivity index (χ1) is 14.1. The standard InChI is InChI=1S/C21H18N4O4/c1-28-14-7-5-6-13(10-14)25-19(27)11-17(26)15-12-22-21(24-20(15)25)23-16-8-3-4-9-18(16)29-2/h3-12,26H,1-2H3,(H,22,23,24). The molecule has 8 heteroatoms. The topological polar surface area (TPSA) is 98.5 Å². The van der Waals surface area contributed by atoms with Gasteiger partial charge in [0.2, 0.25) is 5.95 Å². The van der Waals surface area contributed by atoms with Gasteiger partial charge in [0.1, 0.15) is 17.2 Å². The quantitative estimate of drug-likeness (QED) is 0.540. The summed E-state index contributed by atoms with van der Waals surface area (Å²) in [7, 11) is 3.12. The molecule has 0 atom stereocenters. The van der Waals surface area contributed by atoms with Gasteiger partial charge in [-0.05, 0) is 24.3 Å². The van der Waals surface area contributed by atoms with Crippen LogP contribution < -0.4 is 20.3 Å². The Balaban J connectivity index is 1.90. The molecule has 0 unspecified atom stereocenters. The molecule has 8 nitrogen and oxygen atoms in total. The van der Waals surface area contributed by atoms with Gasteiger partial charge in [-0.15, -0.1) is 0 Å². The van der Waals surface area contributed by atoms with Crippen molar-refractivity contribution in [3.8, 4) is 22.9 Å². The number of fused-ring (bicyclic) bond motifs is 1. The van der Waals surface area contributed by atoms with E-state index in [1.807, 2.05) is 18.2 Å². The van der Waals surface area contributed by atoms with E-state index in [1.54, 1.807) is 44.6 Å². The molecule has 29 heavy (non-hydrogen) atoms. The SMILES string of the molecule is COc1cccc(-n2c(=O)cc(O)c3cnc(Nc4ccccc4OC)nc32)c1. The number of hydrogen-bond donors (Lipinski definition) is 2. The number of anilines is 2. The van der Waals surface area contributed by atoms with Crippen LogP contribution >= 0.6 is 0 Å². The van der Waals surface area contributed by atoms with Crippen LogP contribution in [0.2, 0.25) is 0 Å². The maximum absolute atomic E-state index is 12.7. The lowest BCUT2D eigenvalue weighted by molar-refractivity contribution is 0.414. The van der Waals surface area contributed by atoms with Gasteiger partial charge in [-0.1, -0.05) is 18.2 Å². The van der Waals surface area contributed by atoms with Crippen LogP contribution in [0.15, 0.2) is 65.6 Å². The van der Waals surface area contributed by atoms with E-state index in [9.17, 15) is 9.90 Å². The van der Waals surface area contributed by atoms with Crippen LogP contribution in [0.25, 0.3) is 16.7 Å². The van der Waals surface area contributed by atoms with Crippen LogP contribution in [0.5, 0.6) is 17.2 Å². The average molecular weight is 390 g/mol. The van der Waals surface area contributed by atoms with Crippen molar-refractivity contribution >= 4 is 22.7 Å². The van der Waals surface area contributed by atoms with Crippen molar-refractivity contribution in [2.45, 2.75) is 0 Å². The van der Waals surface area contributed by atoms with Gasteiger partial charge in [-0.2, -0.15) is 4.98 Å². The summed E-state index contributed by atoms with van der Waals surface area (Å²) in [5.74, 6) is 1.28. The molecule has 0 saturated heterocycles. The number of methoxy groups -OCH3 is 2. The minimum absolute atomic E-state index is 0.187. The van der Waals surface area contributed by atoms with Crippen molar-refractivity contribution in [2.75, 3.05) is 19.5 Å². The number of nitrogens with zero attached hydrogens (tertiary/aromatic N) is 3. The average Bonchev–Trinajstić information content (AvgIpc) is 2.74. The maximum Gasteiger partial charge on any atom is 0.260 e. The fourth-order valence-corrected chi connectivity index (χ4v) is 3.02. The van der Waals surface area contributed by atoms with E-state index in [2.05, 4.69) is 15.3 Å². The predicted octanol–water partition coefficient (Wildman–Crippen LogP) is 3.25. The Hall–Kier alpha value is -4.07. The van der Waals surface area contributed by atoms with Gasteiger partial charge in [0.25, 0.3) is 5.56 Å². The van der Waals surface area contributed by atoms with E-state index >= 15 is 0 Å². The van der Waals surface area contributed by atoms with Crippen molar-refractivity contribution in [3.63, 3.8) is 0 Å². The summed E-state index contributed by atoms with van der Waals surface area (Å²) in [4.78, 5) is 21.4. The second kappa shape index (κ2) is 7.51. The second-order valence-electron chi connectivity index (χ2n) is 6.16. The first-order valence-corrected chi connectivity index (χ1v) is 8.77. The Kier molecular flexibility index (Phi) is 4.74. The van der Waals surface area contributed by atoms with Crippen LogP contribution in [-0.4, -0.2) is 33.9 Å². The minimum atomic E-state index is -0.426. The number of nitrogens with one attached hydrogen (secondary N) is 1. The predicted molar refractivity (Wildman–Crippen MR) is 110 cm³/mol. The highest BCUT2D eigenvalue weighted by atomic mass is 16.5. The highest BCUT2D eigenvalue weighted by Gasteiger charge is 2.14. The Bertz CT molecular complexity index is 1250. The fourth-order valence-electron chi connectivity index (χ4n) is 3.02. The van der Waals surface area contributed by atoms with E-state index < -0.39 is 5.56 Å². The van der Waals surface area contributed by atoms with Gasteiger partial charge in [0, 0.05) is 18.3 Å². The largest absolute Gasteiger partial charge is 0.507 e. The van der Waals surface area contributed by atoms with Crippen LogP contribution in [0.3, 0.4) is 0 Å². The highest BCUT2D eigenvalue weighted by Crippen LogP contribution is 2.28. The zero-order valence-corrected chi connectivity index (χ0v) is 15.8. The summed E-state index contributed by atoms with van der Waals surface area (Å²) in [6.07, 6.45) is 1.46. The molecule has 4 rings (SSSR count). The molecule has 146 valence electrons. The van der Waals surface area contributed by atoms with Crippen molar-refractivity contribution in [1.82, 2.24) is 14.5 Å². The van der Waals surface area contributed by atoms with Gasteiger partial charge < -0.3 is 19.9 Å². The summed E-state index contributed by atoms with van der Waals surface area (Å²) in [6, 6.07) is 15.5. The minimum Gasteiger partial charge on any atom is -0.507 e. The Morgan fingerprint density at radius 1 is 1.03 bits per heavy atom. The molecule has 0 aliphatic heterocycles. The number of aromatic nitrogens is 3. The number of pyridine rings is 1. The summed E-state index contributed by atoms with van der Waals surface area (Å²) in [6.45, 7) is 0. The van der Waals surface area contributed by atoms with E-state index in [1.165, 1.54) is 10.8 Å². The smallest absolute Gasteiger partial charge is 0.260 e. The summed E-state index contributed by atoms with van der Waals surface area (Å²) in [5.41, 5.74) is 1.06. The lowest BCUT2D eigenvalue weighted by Gasteiger charge is -2.13. The normalized spacial score (nSPS) is 10.7. The number of hydrogen-bond acceptors (Lipinski definition) is 7. The molecule has 0 fully saturated rings. The number of ether oxygens (including phenoxy) is 2. The van der Waals surface area contributed by atoms with Gasteiger partial charge in [-0.3, -0.25) is 9.36 Å². The summed E-state index contributed by atoms with van der Waals surface area (Å²) in [5, 5.41) is 13.7. The third-order valence-corrected chi connectivity index (χ3v) is 4.40. The molecule has 2 aromatic carbocycles. The van der Waals surface area contributed by atoms with Crippen LogP contribution in [0.1, 0.15) is 0 Å². The molecule has 0 amide bonds. The molecule has 0 spiro atoms. The van der Waals surface area contributed by atoms with E-state index in [-0.39, 0.29) is 17.3 Å². The lowest BCUT2D eigenvalue weighted by Crippen LogP contribution is -2.19. The van der Waals surface area contributed by atoms with Crippen LogP contribution in [0.4, 0.5) is 11.6 Å².